The fraction of sp³-hybridized carbons (Fsp3) is 0.692. The van der Waals surface area contributed by atoms with Crippen LogP contribution in [0.5, 0.6) is 0 Å². The van der Waals surface area contributed by atoms with Gasteiger partial charge in [0, 0.05) is 19.3 Å². The van der Waals surface area contributed by atoms with Crippen LogP contribution >= 0.6 is 0 Å². The second kappa shape index (κ2) is 6.16. The van der Waals surface area contributed by atoms with Crippen molar-refractivity contribution in [3.05, 3.63) is 11.8 Å². The van der Waals surface area contributed by atoms with E-state index in [0.29, 0.717) is 13.2 Å². The first-order valence-electron chi connectivity index (χ1n) is 6.60. The van der Waals surface area contributed by atoms with Gasteiger partial charge in [-0.25, -0.2) is 0 Å². The summed E-state index contributed by atoms with van der Waals surface area (Å²) >= 11 is 0. The number of amides is 1. The van der Waals surface area contributed by atoms with Crippen LogP contribution in [-0.2, 0) is 14.3 Å². The third-order valence-corrected chi connectivity index (χ3v) is 3.68. The third kappa shape index (κ3) is 3.33. The first kappa shape index (κ1) is 14.0. The number of rotatable bonds is 4. The van der Waals surface area contributed by atoms with Crippen molar-refractivity contribution in [2.75, 3.05) is 33.4 Å². The van der Waals surface area contributed by atoms with Gasteiger partial charge in [-0.15, -0.1) is 0 Å². The van der Waals surface area contributed by atoms with E-state index in [0.717, 1.165) is 25.0 Å². The van der Waals surface area contributed by atoms with Gasteiger partial charge >= 0.3 is 5.97 Å². The molecule has 1 atom stereocenters. The number of carbonyl (C=O) groups is 2. The maximum absolute atomic E-state index is 12.2. The quantitative estimate of drug-likeness (QED) is 0.794. The van der Waals surface area contributed by atoms with E-state index in [1.165, 1.54) is 0 Å². The summed E-state index contributed by atoms with van der Waals surface area (Å²) < 4.78 is 5.16. The summed E-state index contributed by atoms with van der Waals surface area (Å²) in [5, 5.41) is 9.11. The van der Waals surface area contributed by atoms with E-state index in [1.54, 1.807) is 16.8 Å². The molecule has 1 amide bonds. The van der Waals surface area contributed by atoms with Gasteiger partial charge in [0.1, 0.15) is 6.04 Å². The van der Waals surface area contributed by atoms with E-state index in [2.05, 4.69) is 6.08 Å². The predicted octanol–water partition coefficient (Wildman–Crippen LogP) is 0.298. The molecule has 2 aliphatic rings. The maximum Gasteiger partial charge on any atom is 0.323 e. The summed E-state index contributed by atoms with van der Waals surface area (Å²) in [7, 11) is 1.76. The second-order valence-corrected chi connectivity index (χ2v) is 4.94. The van der Waals surface area contributed by atoms with Gasteiger partial charge in [-0.3, -0.25) is 14.5 Å². The Morgan fingerprint density at radius 2 is 2.37 bits per heavy atom. The highest BCUT2D eigenvalue weighted by atomic mass is 16.5. The lowest BCUT2D eigenvalue weighted by Crippen LogP contribution is -2.53. The Bertz CT molecular complexity index is 394. The molecule has 0 aromatic carbocycles. The van der Waals surface area contributed by atoms with E-state index in [1.807, 2.05) is 0 Å². The van der Waals surface area contributed by atoms with Crippen LogP contribution in [0.15, 0.2) is 11.8 Å². The summed E-state index contributed by atoms with van der Waals surface area (Å²) in [5.41, 5.74) is 1.05. The SMILES string of the molecule is CN(C(=O)CN1CCOCC1C(=O)O)C1=CCCC1. The van der Waals surface area contributed by atoms with Crippen LogP contribution < -0.4 is 0 Å². The minimum absolute atomic E-state index is 0.0544. The van der Waals surface area contributed by atoms with Gasteiger partial charge < -0.3 is 14.7 Å². The zero-order valence-electron chi connectivity index (χ0n) is 11.2. The zero-order chi connectivity index (χ0) is 13.8. The number of hydrogen-bond donors (Lipinski definition) is 1. The Labute approximate surface area is 112 Å². The smallest absolute Gasteiger partial charge is 0.323 e. The van der Waals surface area contributed by atoms with Crippen molar-refractivity contribution in [1.29, 1.82) is 0 Å². The van der Waals surface area contributed by atoms with Gasteiger partial charge in [-0.1, -0.05) is 6.08 Å². The van der Waals surface area contributed by atoms with Crippen LogP contribution in [-0.4, -0.2) is 66.2 Å². The molecule has 0 spiro atoms. The first-order valence-corrected chi connectivity index (χ1v) is 6.60. The molecule has 1 saturated heterocycles. The summed E-state index contributed by atoms with van der Waals surface area (Å²) in [6.45, 7) is 1.24. The molecule has 0 aromatic heterocycles. The number of allylic oxidation sites excluding steroid dienone is 2. The molecule has 1 aliphatic carbocycles. The van der Waals surface area contributed by atoms with E-state index >= 15 is 0 Å². The van der Waals surface area contributed by atoms with Crippen LogP contribution in [0.1, 0.15) is 19.3 Å². The van der Waals surface area contributed by atoms with Crippen molar-refractivity contribution in [3.8, 4) is 0 Å². The van der Waals surface area contributed by atoms with Crippen molar-refractivity contribution >= 4 is 11.9 Å². The molecule has 1 fully saturated rings. The first-order chi connectivity index (χ1) is 9.09. The maximum atomic E-state index is 12.2. The Kier molecular flexibility index (Phi) is 4.55. The molecule has 0 radical (unpaired) electrons. The summed E-state index contributed by atoms with van der Waals surface area (Å²) in [4.78, 5) is 26.6. The number of morpholine rings is 1. The number of carbonyl (C=O) groups excluding carboxylic acids is 1. The number of aliphatic carboxylic acids is 1. The molecule has 2 rings (SSSR count). The van der Waals surface area contributed by atoms with Crippen molar-refractivity contribution in [2.45, 2.75) is 25.3 Å². The monoisotopic (exact) mass is 268 g/mol. The van der Waals surface area contributed by atoms with Crippen molar-refractivity contribution in [1.82, 2.24) is 9.80 Å². The number of hydrogen-bond acceptors (Lipinski definition) is 4. The molecule has 106 valence electrons. The van der Waals surface area contributed by atoms with Gasteiger partial charge in [-0.05, 0) is 19.3 Å². The zero-order valence-corrected chi connectivity index (χ0v) is 11.2. The lowest BCUT2D eigenvalue weighted by Gasteiger charge is -2.33. The standard InChI is InChI=1S/C13H20N2O4/c1-14(10-4-2-3-5-10)12(16)8-15-6-7-19-9-11(15)13(17)18/h4,11H,2-3,5-9H2,1H3,(H,17,18). The second-order valence-electron chi connectivity index (χ2n) is 4.94. The Morgan fingerprint density at radius 3 is 3.00 bits per heavy atom. The number of likely N-dealkylation sites (N-methyl/N-ethyl adjacent to an activating group) is 1. The average Bonchev–Trinajstić information content (AvgIpc) is 2.92. The Morgan fingerprint density at radius 1 is 1.58 bits per heavy atom. The lowest BCUT2D eigenvalue weighted by atomic mass is 10.2. The summed E-state index contributed by atoms with van der Waals surface area (Å²) in [6, 6.07) is -0.719. The molecule has 0 aromatic rings. The molecule has 1 N–H and O–H groups in total. The van der Waals surface area contributed by atoms with Crippen LogP contribution in [0.25, 0.3) is 0 Å². The number of carboxylic acid groups (broad SMARTS) is 1. The molecule has 1 unspecified atom stereocenters. The summed E-state index contributed by atoms with van der Waals surface area (Å²) in [6.07, 6.45) is 5.10. The fourth-order valence-corrected chi connectivity index (χ4v) is 2.45. The van der Waals surface area contributed by atoms with Gasteiger partial charge in [0.15, 0.2) is 0 Å². The van der Waals surface area contributed by atoms with Gasteiger partial charge in [0.2, 0.25) is 5.91 Å². The molecule has 1 heterocycles. The normalized spacial score (nSPS) is 24.1. The molecule has 1 aliphatic heterocycles. The fourth-order valence-electron chi connectivity index (χ4n) is 2.45. The average molecular weight is 268 g/mol. The molecule has 0 saturated carbocycles. The number of nitrogens with zero attached hydrogens (tertiary/aromatic N) is 2. The number of carboxylic acids is 1. The minimum Gasteiger partial charge on any atom is -0.480 e. The Hall–Kier alpha value is -1.40. The molecule has 19 heavy (non-hydrogen) atoms. The molecular weight excluding hydrogens is 248 g/mol. The largest absolute Gasteiger partial charge is 0.480 e. The molecule has 6 nitrogen and oxygen atoms in total. The lowest BCUT2D eigenvalue weighted by molar-refractivity contribution is -0.151. The van der Waals surface area contributed by atoms with Crippen LogP contribution in [0, 0.1) is 0 Å². The van der Waals surface area contributed by atoms with E-state index in [4.69, 9.17) is 9.84 Å². The predicted molar refractivity (Wildman–Crippen MR) is 68.5 cm³/mol. The van der Waals surface area contributed by atoms with Crippen LogP contribution in [0.4, 0.5) is 0 Å². The van der Waals surface area contributed by atoms with Gasteiger partial charge in [-0.2, -0.15) is 0 Å². The topological polar surface area (TPSA) is 70.1 Å². The third-order valence-electron chi connectivity index (χ3n) is 3.68. The van der Waals surface area contributed by atoms with Crippen molar-refractivity contribution < 1.29 is 19.4 Å². The minimum atomic E-state index is -0.935. The van der Waals surface area contributed by atoms with Crippen LogP contribution in [0.3, 0.4) is 0 Å². The van der Waals surface area contributed by atoms with Gasteiger partial charge in [0.25, 0.3) is 0 Å². The summed E-state index contributed by atoms with van der Waals surface area (Å²) in [5.74, 6) is -0.989. The highest BCUT2D eigenvalue weighted by Crippen LogP contribution is 2.20. The van der Waals surface area contributed by atoms with Crippen LogP contribution in [0.2, 0.25) is 0 Å². The highest BCUT2D eigenvalue weighted by Gasteiger charge is 2.31. The van der Waals surface area contributed by atoms with Crippen molar-refractivity contribution in [2.24, 2.45) is 0 Å². The molecule has 6 heteroatoms. The van der Waals surface area contributed by atoms with E-state index in [-0.39, 0.29) is 19.1 Å². The Balaban J connectivity index is 1.94. The van der Waals surface area contributed by atoms with E-state index < -0.39 is 12.0 Å². The molecular formula is C13H20N2O4. The van der Waals surface area contributed by atoms with Crippen molar-refractivity contribution in [3.63, 3.8) is 0 Å². The number of ether oxygens (including phenoxy) is 1. The molecule has 0 bridgehead atoms. The van der Waals surface area contributed by atoms with Gasteiger partial charge in [0.05, 0.1) is 19.8 Å². The highest BCUT2D eigenvalue weighted by molar-refractivity contribution is 5.81. The van der Waals surface area contributed by atoms with E-state index in [9.17, 15) is 9.59 Å².